The van der Waals surface area contributed by atoms with Crippen LogP contribution in [0.3, 0.4) is 0 Å². The van der Waals surface area contributed by atoms with Crippen molar-refractivity contribution in [2.24, 2.45) is 11.1 Å². The van der Waals surface area contributed by atoms with Crippen molar-refractivity contribution in [2.75, 3.05) is 7.11 Å². The molecule has 3 N–H and O–H groups in total. The van der Waals surface area contributed by atoms with Gasteiger partial charge in [0, 0.05) is 13.2 Å². The number of rotatable bonds is 3. The Balaban J connectivity index is 2.41. The van der Waals surface area contributed by atoms with Crippen LogP contribution >= 0.6 is 0 Å². The molecule has 1 amide bonds. The summed E-state index contributed by atoms with van der Waals surface area (Å²) in [5, 5.41) is 3.01. The molecule has 94 valence electrons. The van der Waals surface area contributed by atoms with Crippen molar-refractivity contribution < 1.29 is 9.53 Å². The van der Waals surface area contributed by atoms with Crippen LogP contribution in [0.15, 0.2) is 0 Å². The molecule has 0 saturated heterocycles. The Kier molecular flexibility index (Phi) is 4.33. The normalized spacial score (nSPS) is 27.8. The average Bonchev–Trinajstić information content (AvgIpc) is 2.63. The van der Waals surface area contributed by atoms with E-state index in [1.165, 1.54) is 0 Å². The van der Waals surface area contributed by atoms with Gasteiger partial charge in [-0.15, -0.1) is 0 Å². The molecule has 0 aromatic heterocycles. The van der Waals surface area contributed by atoms with Crippen LogP contribution in [-0.2, 0) is 9.53 Å². The fourth-order valence-electron chi connectivity index (χ4n) is 1.97. The Morgan fingerprint density at radius 2 is 2.06 bits per heavy atom. The first-order chi connectivity index (χ1) is 7.34. The average molecular weight is 228 g/mol. The number of carbonyl (C=O) groups is 1. The molecule has 1 rings (SSSR count). The molecular weight excluding hydrogens is 204 g/mol. The van der Waals surface area contributed by atoms with Gasteiger partial charge >= 0.3 is 0 Å². The van der Waals surface area contributed by atoms with E-state index < -0.39 is 6.04 Å². The smallest absolute Gasteiger partial charge is 0.237 e. The molecule has 0 aromatic carbocycles. The summed E-state index contributed by atoms with van der Waals surface area (Å²) in [6, 6.07) is -0.222. The molecule has 0 spiro atoms. The second-order valence-corrected chi connectivity index (χ2v) is 5.72. The van der Waals surface area contributed by atoms with Crippen molar-refractivity contribution in [1.29, 1.82) is 0 Å². The van der Waals surface area contributed by atoms with Crippen LogP contribution in [-0.4, -0.2) is 31.2 Å². The summed E-state index contributed by atoms with van der Waals surface area (Å²) in [6.07, 6.45) is 3.20. The van der Waals surface area contributed by atoms with Gasteiger partial charge in [0.05, 0.1) is 12.1 Å². The Morgan fingerprint density at radius 3 is 2.50 bits per heavy atom. The summed E-state index contributed by atoms with van der Waals surface area (Å²) < 4.78 is 5.27. The molecule has 16 heavy (non-hydrogen) atoms. The minimum absolute atomic E-state index is 0.0470. The summed E-state index contributed by atoms with van der Waals surface area (Å²) in [6.45, 7) is 5.93. The lowest BCUT2D eigenvalue weighted by atomic mass is 9.87. The van der Waals surface area contributed by atoms with Gasteiger partial charge in [-0.3, -0.25) is 4.79 Å². The second-order valence-electron chi connectivity index (χ2n) is 5.72. The van der Waals surface area contributed by atoms with E-state index in [-0.39, 0.29) is 23.5 Å². The zero-order chi connectivity index (χ0) is 12.3. The molecule has 0 bridgehead atoms. The molecule has 1 fully saturated rings. The molecule has 1 aliphatic carbocycles. The third-order valence-corrected chi connectivity index (χ3v) is 3.28. The van der Waals surface area contributed by atoms with E-state index in [4.69, 9.17) is 10.5 Å². The molecule has 4 heteroatoms. The Morgan fingerprint density at radius 1 is 1.44 bits per heavy atom. The maximum Gasteiger partial charge on any atom is 0.237 e. The first-order valence-corrected chi connectivity index (χ1v) is 5.93. The zero-order valence-electron chi connectivity index (χ0n) is 10.7. The van der Waals surface area contributed by atoms with Crippen molar-refractivity contribution in [3.63, 3.8) is 0 Å². The fourth-order valence-corrected chi connectivity index (χ4v) is 1.97. The van der Waals surface area contributed by atoms with Crippen LogP contribution in [0.4, 0.5) is 0 Å². The maximum atomic E-state index is 11.9. The van der Waals surface area contributed by atoms with Crippen molar-refractivity contribution in [2.45, 2.75) is 58.2 Å². The molecule has 0 aliphatic heterocycles. The van der Waals surface area contributed by atoms with Gasteiger partial charge < -0.3 is 15.8 Å². The van der Waals surface area contributed by atoms with Crippen molar-refractivity contribution in [3.05, 3.63) is 0 Å². The van der Waals surface area contributed by atoms with Crippen LogP contribution in [0.2, 0.25) is 0 Å². The van der Waals surface area contributed by atoms with E-state index in [1.54, 1.807) is 7.11 Å². The lowest BCUT2D eigenvalue weighted by Gasteiger charge is -2.27. The molecule has 1 aliphatic rings. The SMILES string of the molecule is COC1CCC(NC(=O)[C@@H](N)C(C)(C)C)C1. The number of nitrogens with two attached hydrogens (primary N) is 1. The predicted octanol–water partition coefficient (Wildman–Crippen LogP) is 1.04. The molecular formula is C12H24N2O2. The third kappa shape index (κ3) is 3.46. The van der Waals surface area contributed by atoms with E-state index in [9.17, 15) is 4.79 Å². The molecule has 0 radical (unpaired) electrons. The molecule has 4 nitrogen and oxygen atoms in total. The van der Waals surface area contributed by atoms with Gasteiger partial charge in [0.15, 0.2) is 0 Å². The molecule has 2 unspecified atom stereocenters. The van der Waals surface area contributed by atoms with Crippen molar-refractivity contribution in [3.8, 4) is 0 Å². The Hall–Kier alpha value is -0.610. The van der Waals surface area contributed by atoms with Gasteiger partial charge in [-0.2, -0.15) is 0 Å². The minimum Gasteiger partial charge on any atom is -0.381 e. The summed E-state index contributed by atoms with van der Waals surface area (Å²) in [5.41, 5.74) is 5.71. The quantitative estimate of drug-likeness (QED) is 0.758. The van der Waals surface area contributed by atoms with Gasteiger partial charge in [0.2, 0.25) is 5.91 Å². The largest absolute Gasteiger partial charge is 0.381 e. The second kappa shape index (κ2) is 5.15. The van der Waals surface area contributed by atoms with E-state index in [0.29, 0.717) is 0 Å². The number of carbonyl (C=O) groups excluding carboxylic acids is 1. The maximum absolute atomic E-state index is 11.9. The van der Waals surface area contributed by atoms with E-state index in [2.05, 4.69) is 5.32 Å². The lowest BCUT2D eigenvalue weighted by Crippen LogP contribution is -2.51. The number of nitrogens with one attached hydrogen (secondary N) is 1. The molecule has 3 atom stereocenters. The summed E-state index contributed by atoms with van der Waals surface area (Å²) in [7, 11) is 1.72. The topological polar surface area (TPSA) is 64.3 Å². The molecule has 1 saturated carbocycles. The van der Waals surface area contributed by atoms with Gasteiger partial charge in [0.25, 0.3) is 0 Å². The van der Waals surface area contributed by atoms with E-state index in [0.717, 1.165) is 19.3 Å². The number of hydrogen-bond acceptors (Lipinski definition) is 3. The predicted molar refractivity (Wildman–Crippen MR) is 64.0 cm³/mol. The Bertz CT molecular complexity index is 248. The van der Waals surface area contributed by atoms with Crippen molar-refractivity contribution in [1.82, 2.24) is 5.32 Å². The van der Waals surface area contributed by atoms with Crippen molar-refractivity contribution >= 4 is 5.91 Å². The zero-order valence-corrected chi connectivity index (χ0v) is 10.7. The summed E-state index contributed by atoms with van der Waals surface area (Å²) in [5.74, 6) is -0.0470. The highest BCUT2D eigenvalue weighted by Crippen LogP contribution is 2.23. The van der Waals surface area contributed by atoms with E-state index >= 15 is 0 Å². The van der Waals surface area contributed by atoms with E-state index in [1.807, 2.05) is 20.8 Å². The highest BCUT2D eigenvalue weighted by Gasteiger charge is 2.31. The molecule has 0 aromatic rings. The van der Waals surface area contributed by atoms with Gasteiger partial charge in [0.1, 0.15) is 0 Å². The first-order valence-electron chi connectivity index (χ1n) is 5.93. The highest BCUT2D eigenvalue weighted by molar-refractivity contribution is 5.82. The minimum atomic E-state index is -0.450. The van der Waals surface area contributed by atoms with Gasteiger partial charge in [-0.05, 0) is 24.7 Å². The number of amides is 1. The Labute approximate surface area is 97.9 Å². The lowest BCUT2D eigenvalue weighted by molar-refractivity contribution is -0.125. The summed E-state index contributed by atoms with van der Waals surface area (Å²) in [4.78, 5) is 11.9. The fraction of sp³-hybridized carbons (Fsp3) is 0.917. The van der Waals surface area contributed by atoms with Crippen LogP contribution in [0.5, 0.6) is 0 Å². The van der Waals surface area contributed by atoms with Gasteiger partial charge in [-0.25, -0.2) is 0 Å². The van der Waals surface area contributed by atoms with Crippen LogP contribution in [0.1, 0.15) is 40.0 Å². The summed E-state index contributed by atoms with van der Waals surface area (Å²) >= 11 is 0. The van der Waals surface area contributed by atoms with Crippen LogP contribution in [0, 0.1) is 5.41 Å². The standard InChI is InChI=1S/C12H24N2O2/c1-12(2,3)10(13)11(15)14-8-5-6-9(7-8)16-4/h8-10H,5-7,13H2,1-4H3,(H,14,15)/t8?,9?,10-/m1/s1. The third-order valence-electron chi connectivity index (χ3n) is 3.28. The number of ether oxygens (including phenoxy) is 1. The number of hydrogen-bond donors (Lipinski definition) is 2. The molecule has 0 heterocycles. The highest BCUT2D eigenvalue weighted by atomic mass is 16.5. The monoisotopic (exact) mass is 228 g/mol. The van der Waals surface area contributed by atoms with Crippen LogP contribution < -0.4 is 11.1 Å². The van der Waals surface area contributed by atoms with Gasteiger partial charge in [-0.1, -0.05) is 20.8 Å². The van der Waals surface area contributed by atoms with Crippen LogP contribution in [0.25, 0.3) is 0 Å². The first kappa shape index (κ1) is 13.5. The number of methoxy groups -OCH3 is 1.